The van der Waals surface area contributed by atoms with Crippen LogP contribution < -0.4 is 10.9 Å². The summed E-state index contributed by atoms with van der Waals surface area (Å²) in [4.78, 5) is 25.3. The van der Waals surface area contributed by atoms with E-state index in [9.17, 15) is 24.9 Å². The van der Waals surface area contributed by atoms with E-state index in [1.165, 1.54) is 6.07 Å². The first-order chi connectivity index (χ1) is 18.0. The maximum atomic E-state index is 12.5. The van der Waals surface area contributed by atoms with Gasteiger partial charge in [0.15, 0.2) is 0 Å². The minimum absolute atomic E-state index is 0.110. The van der Waals surface area contributed by atoms with E-state index in [-0.39, 0.29) is 46.2 Å². The number of fused-ring (bicyclic) bond motifs is 5. The molecule has 5 aliphatic rings. The van der Waals surface area contributed by atoms with Crippen molar-refractivity contribution in [1.29, 1.82) is 0 Å². The van der Waals surface area contributed by atoms with Gasteiger partial charge in [-0.2, -0.15) is 0 Å². The van der Waals surface area contributed by atoms with Crippen molar-refractivity contribution in [3.63, 3.8) is 0 Å². The Labute approximate surface area is 224 Å². The van der Waals surface area contributed by atoms with E-state index in [0.29, 0.717) is 25.9 Å². The summed E-state index contributed by atoms with van der Waals surface area (Å²) in [5.74, 6) is 0.633. The van der Waals surface area contributed by atoms with Gasteiger partial charge in [0, 0.05) is 24.6 Å². The van der Waals surface area contributed by atoms with Crippen molar-refractivity contribution in [2.24, 2.45) is 28.6 Å². The van der Waals surface area contributed by atoms with Gasteiger partial charge in [-0.1, -0.05) is 13.8 Å². The first-order valence-corrected chi connectivity index (χ1v) is 14.8. The number of nitrogens with zero attached hydrogens (tertiary/aromatic N) is 1. The standard InChI is InChI=1S/C30H44N2O6/c1-27-10-6-19(24-17-31-14-3-15-32(24)26(34)35)16-29(27,36)12-8-23-22(27)7-11-28(2)21(9-13-30(23,28)37)20-4-5-25(33)38-18-20/h4-5,18-19,21-24,31,36-37H,3,6-17H2,1-2H3,(H,34,35)/t19-,21+,22-,23+,24?,27+,28+,29-,30-/m0/s1. The van der Waals surface area contributed by atoms with Crippen molar-refractivity contribution in [1.82, 2.24) is 10.2 Å². The van der Waals surface area contributed by atoms with Crippen molar-refractivity contribution in [2.45, 2.75) is 101 Å². The van der Waals surface area contributed by atoms with Crippen molar-refractivity contribution >= 4 is 6.09 Å². The highest BCUT2D eigenvalue weighted by molar-refractivity contribution is 5.65. The highest BCUT2D eigenvalue weighted by atomic mass is 16.4. The van der Waals surface area contributed by atoms with Gasteiger partial charge in [0.25, 0.3) is 0 Å². The predicted molar refractivity (Wildman–Crippen MR) is 142 cm³/mol. The average molecular weight is 529 g/mol. The second-order valence-electron chi connectivity index (χ2n) is 13.7. The van der Waals surface area contributed by atoms with Gasteiger partial charge in [0.2, 0.25) is 0 Å². The van der Waals surface area contributed by atoms with E-state index >= 15 is 0 Å². The van der Waals surface area contributed by atoms with Crippen molar-refractivity contribution in [2.75, 3.05) is 19.6 Å². The lowest BCUT2D eigenvalue weighted by Crippen LogP contribution is -2.67. The first-order valence-electron chi connectivity index (χ1n) is 14.8. The van der Waals surface area contributed by atoms with E-state index < -0.39 is 17.3 Å². The quantitative estimate of drug-likeness (QED) is 0.458. The van der Waals surface area contributed by atoms with E-state index in [0.717, 1.165) is 63.5 Å². The molecule has 2 heterocycles. The molecular weight excluding hydrogens is 484 g/mol. The summed E-state index contributed by atoms with van der Waals surface area (Å²) in [5.41, 5.74) is -1.61. The molecule has 8 heteroatoms. The van der Waals surface area contributed by atoms with Crippen LogP contribution in [0.5, 0.6) is 0 Å². The molecule has 0 spiro atoms. The Bertz CT molecular complexity index is 1120. The van der Waals surface area contributed by atoms with Gasteiger partial charge >= 0.3 is 11.7 Å². The summed E-state index contributed by atoms with van der Waals surface area (Å²) in [6, 6.07) is 3.24. The van der Waals surface area contributed by atoms with Gasteiger partial charge in [-0.05, 0) is 111 Å². The van der Waals surface area contributed by atoms with Crippen LogP contribution in [0.2, 0.25) is 0 Å². The number of carbonyl (C=O) groups is 1. The van der Waals surface area contributed by atoms with Crippen molar-refractivity contribution in [3.8, 4) is 0 Å². The molecule has 38 heavy (non-hydrogen) atoms. The normalized spacial score (nSPS) is 46.9. The molecule has 1 aromatic heterocycles. The number of nitrogens with one attached hydrogen (secondary N) is 1. The Morgan fingerprint density at radius 3 is 2.53 bits per heavy atom. The van der Waals surface area contributed by atoms with Crippen LogP contribution >= 0.6 is 0 Å². The molecule has 210 valence electrons. The van der Waals surface area contributed by atoms with Crippen LogP contribution in [0.25, 0.3) is 0 Å². The third-order valence-electron chi connectivity index (χ3n) is 12.5. The highest BCUT2D eigenvalue weighted by Crippen LogP contribution is 2.71. The van der Waals surface area contributed by atoms with E-state index in [2.05, 4.69) is 19.2 Å². The molecule has 5 fully saturated rings. The summed E-state index contributed by atoms with van der Waals surface area (Å²) in [5, 5.41) is 38.1. The fourth-order valence-corrected chi connectivity index (χ4v) is 10.3. The maximum absolute atomic E-state index is 12.5. The van der Waals surface area contributed by atoms with Crippen molar-refractivity contribution < 1.29 is 24.5 Å². The molecule has 1 saturated heterocycles. The second kappa shape index (κ2) is 9.07. The Balaban J connectivity index is 1.26. The average Bonchev–Trinajstić information content (AvgIpc) is 3.02. The molecule has 1 unspecified atom stereocenters. The molecule has 4 N–H and O–H groups in total. The van der Waals surface area contributed by atoms with Gasteiger partial charge in [0.1, 0.15) is 0 Å². The smallest absolute Gasteiger partial charge is 0.407 e. The minimum atomic E-state index is -0.856. The summed E-state index contributed by atoms with van der Waals surface area (Å²) in [7, 11) is 0. The molecule has 1 aromatic rings. The maximum Gasteiger partial charge on any atom is 0.407 e. The molecule has 4 saturated carbocycles. The van der Waals surface area contributed by atoms with Crippen molar-refractivity contribution in [3.05, 3.63) is 34.4 Å². The lowest BCUT2D eigenvalue weighted by atomic mass is 9.41. The highest BCUT2D eigenvalue weighted by Gasteiger charge is 2.70. The van der Waals surface area contributed by atoms with Gasteiger partial charge in [-0.25, -0.2) is 9.59 Å². The molecule has 6 rings (SSSR count). The summed E-state index contributed by atoms with van der Waals surface area (Å²) < 4.78 is 5.21. The zero-order valence-electron chi connectivity index (χ0n) is 22.8. The first kappa shape index (κ1) is 26.3. The zero-order valence-corrected chi connectivity index (χ0v) is 22.8. The third kappa shape index (κ3) is 3.66. The number of aliphatic hydroxyl groups is 2. The zero-order chi connectivity index (χ0) is 26.9. The van der Waals surface area contributed by atoms with Crippen LogP contribution in [-0.4, -0.2) is 63.2 Å². The summed E-state index contributed by atoms with van der Waals surface area (Å²) in [6.07, 6.45) is 8.81. The molecule has 1 aliphatic heterocycles. The second-order valence-corrected chi connectivity index (χ2v) is 13.7. The van der Waals surface area contributed by atoms with Crippen LogP contribution in [0.1, 0.15) is 89.5 Å². The Morgan fingerprint density at radius 1 is 1.03 bits per heavy atom. The number of hydrogen-bond acceptors (Lipinski definition) is 6. The molecular formula is C30H44N2O6. The largest absolute Gasteiger partial charge is 0.465 e. The summed E-state index contributed by atoms with van der Waals surface area (Å²) >= 11 is 0. The van der Waals surface area contributed by atoms with Crippen LogP contribution in [0.15, 0.2) is 27.6 Å². The molecule has 0 bridgehead atoms. The number of hydrogen-bond donors (Lipinski definition) is 4. The van der Waals surface area contributed by atoms with E-state index in [1.807, 2.05) is 6.07 Å². The van der Waals surface area contributed by atoms with Crippen LogP contribution in [-0.2, 0) is 0 Å². The Morgan fingerprint density at radius 2 is 1.79 bits per heavy atom. The Kier molecular flexibility index (Phi) is 6.28. The predicted octanol–water partition coefficient (Wildman–Crippen LogP) is 3.95. The van der Waals surface area contributed by atoms with Gasteiger partial charge in [-0.15, -0.1) is 0 Å². The number of rotatable bonds is 2. The molecule has 4 aliphatic carbocycles. The molecule has 0 radical (unpaired) electrons. The molecule has 1 amide bonds. The SMILES string of the molecule is C[C@]12CC[C@H](C3CNCCCN3C(=O)O)C[C@@]1(O)CC[C@@H]1[C@@H]2CC[C@]2(C)[C@@H](c3ccc(=O)oc3)CC[C@]12O. The van der Waals surface area contributed by atoms with Crippen LogP contribution in [0.3, 0.4) is 0 Å². The monoisotopic (exact) mass is 528 g/mol. The lowest BCUT2D eigenvalue weighted by molar-refractivity contribution is -0.251. The molecule has 0 aromatic carbocycles. The number of amides is 1. The topological polar surface area (TPSA) is 123 Å². The van der Waals surface area contributed by atoms with E-state index in [1.54, 1.807) is 11.2 Å². The number of carboxylic acid groups (broad SMARTS) is 1. The lowest BCUT2D eigenvalue weighted by Gasteiger charge is -2.66. The van der Waals surface area contributed by atoms with Gasteiger partial charge < -0.3 is 30.0 Å². The van der Waals surface area contributed by atoms with Crippen LogP contribution in [0.4, 0.5) is 4.79 Å². The summed E-state index contributed by atoms with van der Waals surface area (Å²) in [6.45, 7) is 6.50. The van der Waals surface area contributed by atoms with E-state index in [4.69, 9.17) is 4.42 Å². The molecule has 8 nitrogen and oxygen atoms in total. The van der Waals surface area contributed by atoms with Gasteiger partial charge in [-0.3, -0.25) is 0 Å². The fraction of sp³-hybridized carbons (Fsp3) is 0.800. The Hall–Kier alpha value is -1.90. The minimum Gasteiger partial charge on any atom is -0.465 e. The fourth-order valence-electron chi connectivity index (χ4n) is 10.3. The van der Waals surface area contributed by atoms with Crippen LogP contribution in [0, 0.1) is 28.6 Å². The van der Waals surface area contributed by atoms with Gasteiger partial charge in [0.05, 0.1) is 23.5 Å². The molecule has 9 atom stereocenters. The third-order valence-corrected chi connectivity index (χ3v) is 12.5.